The summed E-state index contributed by atoms with van der Waals surface area (Å²) in [6.07, 6.45) is 4.20. The number of rotatable bonds is 5. The van der Waals surface area contributed by atoms with E-state index in [0.717, 1.165) is 6.42 Å². The van der Waals surface area contributed by atoms with Crippen molar-refractivity contribution >= 4 is 11.6 Å². The summed E-state index contributed by atoms with van der Waals surface area (Å²) < 4.78 is 15.3. The van der Waals surface area contributed by atoms with Crippen molar-refractivity contribution in [3.63, 3.8) is 0 Å². The molecule has 1 aromatic heterocycles. The second-order valence-electron chi connectivity index (χ2n) is 6.37. The lowest BCUT2D eigenvalue weighted by molar-refractivity contribution is -0.117. The van der Waals surface area contributed by atoms with E-state index < -0.39 is 0 Å². The first kappa shape index (κ1) is 15.6. The first-order valence-electron chi connectivity index (χ1n) is 8.32. The van der Waals surface area contributed by atoms with Gasteiger partial charge in [0.25, 0.3) is 0 Å². The van der Waals surface area contributed by atoms with Crippen LogP contribution in [0.15, 0.2) is 67.0 Å². The highest BCUT2D eigenvalue weighted by molar-refractivity contribution is 5.95. The number of nitrogens with one attached hydrogen (secondary N) is 1. The Morgan fingerprint density at radius 2 is 1.92 bits per heavy atom. The molecule has 4 nitrogen and oxygen atoms in total. The number of halogens is 1. The lowest BCUT2D eigenvalue weighted by Gasteiger charge is -2.04. The summed E-state index contributed by atoms with van der Waals surface area (Å²) in [5, 5.41) is 7.11. The molecule has 25 heavy (non-hydrogen) atoms. The topological polar surface area (TPSA) is 46.9 Å². The predicted molar refractivity (Wildman–Crippen MR) is 93.6 cm³/mol. The maximum absolute atomic E-state index is 13.7. The summed E-state index contributed by atoms with van der Waals surface area (Å²) in [4.78, 5) is 12.4. The van der Waals surface area contributed by atoms with E-state index in [2.05, 4.69) is 22.5 Å². The molecule has 0 radical (unpaired) electrons. The summed E-state index contributed by atoms with van der Waals surface area (Å²) in [6.45, 7) is 0.332. The molecule has 2 atom stereocenters. The molecule has 1 N–H and O–H groups in total. The molecule has 1 amide bonds. The number of hydrogen-bond donors (Lipinski definition) is 1. The highest BCUT2D eigenvalue weighted by Crippen LogP contribution is 2.47. The molecule has 2 aromatic carbocycles. The smallest absolute Gasteiger partial charge is 0.228 e. The molecule has 126 valence electrons. The zero-order valence-electron chi connectivity index (χ0n) is 13.6. The van der Waals surface area contributed by atoms with Crippen molar-refractivity contribution in [3.8, 4) is 0 Å². The molecule has 1 aliphatic carbocycles. The molecule has 0 aliphatic heterocycles. The van der Waals surface area contributed by atoms with Crippen molar-refractivity contribution in [3.05, 3.63) is 83.9 Å². The molecule has 0 bridgehead atoms. The minimum atomic E-state index is -0.257. The van der Waals surface area contributed by atoms with Gasteiger partial charge in [-0.3, -0.25) is 9.48 Å². The second-order valence-corrected chi connectivity index (χ2v) is 6.37. The average molecular weight is 335 g/mol. The Balaban J connectivity index is 1.37. The van der Waals surface area contributed by atoms with Crippen LogP contribution < -0.4 is 5.32 Å². The fraction of sp³-hybridized carbons (Fsp3) is 0.200. The Morgan fingerprint density at radius 3 is 2.72 bits per heavy atom. The minimum absolute atomic E-state index is 0.0114. The largest absolute Gasteiger partial charge is 0.323 e. The quantitative estimate of drug-likeness (QED) is 0.771. The van der Waals surface area contributed by atoms with Gasteiger partial charge in [-0.05, 0) is 24.0 Å². The highest BCUT2D eigenvalue weighted by atomic mass is 19.1. The van der Waals surface area contributed by atoms with Crippen LogP contribution >= 0.6 is 0 Å². The fourth-order valence-corrected chi connectivity index (χ4v) is 3.10. The van der Waals surface area contributed by atoms with Gasteiger partial charge in [0, 0.05) is 17.7 Å². The van der Waals surface area contributed by atoms with Gasteiger partial charge >= 0.3 is 0 Å². The molecule has 1 heterocycles. The van der Waals surface area contributed by atoms with Gasteiger partial charge in [-0.25, -0.2) is 4.39 Å². The highest BCUT2D eigenvalue weighted by Gasteiger charge is 2.43. The zero-order valence-corrected chi connectivity index (χ0v) is 13.6. The third kappa shape index (κ3) is 3.45. The average Bonchev–Trinajstić information content (AvgIpc) is 3.33. The van der Waals surface area contributed by atoms with Crippen LogP contribution in [0.2, 0.25) is 0 Å². The molecular weight excluding hydrogens is 317 g/mol. The van der Waals surface area contributed by atoms with Gasteiger partial charge in [0.15, 0.2) is 0 Å². The van der Waals surface area contributed by atoms with E-state index in [1.807, 2.05) is 18.2 Å². The third-order valence-electron chi connectivity index (χ3n) is 4.55. The van der Waals surface area contributed by atoms with Gasteiger partial charge < -0.3 is 5.32 Å². The van der Waals surface area contributed by atoms with E-state index in [4.69, 9.17) is 0 Å². The summed E-state index contributed by atoms with van der Waals surface area (Å²) in [5.41, 5.74) is 2.41. The number of anilines is 1. The van der Waals surface area contributed by atoms with Gasteiger partial charge in [-0.15, -0.1) is 0 Å². The van der Waals surface area contributed by atoms with E-state index in [-0.39, 0.29) is 17.6 Å². The van der Waals surface area contributed by atoms with Crippen LogP contribution in [-0.2, 0) is 11.3 Å². The monoisotopic (exact) mass is 335 g/mol. The number of carbonyl (C=O) groups excluding carboxylic acids is 1. The molecular formula is C20H18FN3O. The van der Waals surface area contributed by atoms with Crippen LogP contribution in [0.5, 0.6) is 0 Å². The molecule has 0 saturated heterocycles. The molecule has 1 saturated carbocycles. The molecule has 5 heteroatoms. The lowest BCUT2D eigenvalue weighted by atomic mass is 10.1. The van der Waals surface area contributed by atoms with Crippen molar-refractivity contribution in [2.75, 3.05) is 5.32 Å². The van der Waals surface area contributed by atoms with Crippen LogP contribution in [-0.4, -0.2) is 15.7 Å². The Labute approximate surface area is 145 Å². The van der Waals surface area contributed by atoms with Crippen LogP contribution in [0.1, 0.15) is 23.5 Å². The first-order chi connectivity index (χ1) is 12.2. The molecule has 1 aliphatic rings. The van der Waals surface area contributed by atoms with Crippen molar-refractivity contribution in [1.82, 2.24) is 9.78 Å². The van der Waals surface area contributed by atoms with Crippen LogP contribution in [0.3, 0.4) is 0 Å². The van der Waals surface area contributed by atoms with Gasteiger partial charge in [0.05, 0.1) is 18.4 Å². The normalized spacial score (nSPS) is 18.8. The minimum Gasteiger partial charge on any atom is -0.323 e. The fourth-order valence-electron chi connectivity index (χ4n) is 3.10. The van der Waals surface area contributed by atoms with Crippen molar-refractivity contribution in [1.29, 1.82) is 0 Å². The lowest BCUT2D eigenvalue weighted by Crippen LogP contribution is -2.14. The molecule has 3 aromatic rings. The summed E-state index contributed by atoms with van der Waals surface area (Å²) >= 11 is 0. The van der Waals surface area contributed by atoms with E-state index in [0.29, 0.717) is 23.7 Å². The van der Waals surface area contributed by atoms with E-state index in [9.17, 15) is 9.18 Å². The Morgan fingerprint density at radius 1 is 1.16 bits per heavy atom. The van der Waals surface area contributed by atoms with Crippen LogP contribution in [0.4, 0.5) is 10.1 Å². The van der Waals surface area contributed by atoms with Crippen molar-refractivity contribution in [2.24, 2.45) is 5.92 Å². The maximum Gasteiger partial charge on any atom is 0.228 e. The Kier molecular flexibility index (Phi) is 4.06. The first-order valence-corrected chi connectivity index (χ1v) is 8.32. The van der Waals surface area contributed by atoms with Gasteiger partial charge in [-0.2, -0.15) is 5.10 Å². The third-order valence-corrected chi connectivity index (χ3v) is 4.55. The Bertz CT molecular complexity index is 891. The summed E-state index contributed by atoms with van der Waals surface area (Å²) in [5.74, 6) is 0.0681. The number of carbonyl (C=O) groups is 1. The van der Waals surface area contributed by atoms with E-state index in [1.54, 1.807) is 35.3 Å². The standard InChI is InChI=1S/C20H18FN3O/c21-19-9-5-4-8-15(19)12-24-13-16(11-22-24)23-20(25)18-10-17(18)14-6-2-1-3-7-14/h1-9,11,13,17-18H,10,12H2,(H,23,25). The van der Waals surface area contributed by atoms with E-state index >= 15 is 0 Å². The molecule has 0 spiro atoms. The summed E-state index contributed by atoms with van der Waals surface area (Å²) in [7, 11) is 0. The molecule has 4 rings (SSSR count). The number of amides is 1. The second kappa shape index (κ2) is 6.51. The molecule has 2 unspecified atom stereocenters. The Hall–Kier alpha value is -2.95. The summed E-state index contributed by atoms with van der Waals surface area (Å²) in [6, 6.07) is 16.7. The number of benzene rings is 2. The zero-order chi connectivity index (χ0) is 17.2. The number of aromatic nitrogens is 2. The van der Waals surface area contributed by atoms with E-state index in [1.165, 1.54) is 11.6 Å². The number of nitrogens with zero attached hydrogens (tertiary/aromatic N) is 2. The van der Waals surface area contributed by atoms with Crippen molar-refractivity contribution < 1.29 is 9.18 Å². The predicted octanol–water partition coefficient (Wildman–Crippen LogP) is 3.81. The molecule has 1 fully saturated rings. The van der Waals surface area contributed by atoms with Gasteiger partial charge in [0.1, 0.15) is 5.82 Å². The van der Waals surface area contributed by atoms with Crippen molar-refractivity contribution in [2.45, 2.75) is 18.9 Å². The van der Waals surface area contributed by atoms with Crippen LogP contribution in [0.25, 0.3) is 0 Å². The van der Waals surface area contributed by atoms with Gasteiger partial charge in [0.2, 0.25) is 5.91 Å². The number of hydrogen-bond acceptors (Lipinski definition) is 2. The van der Waals surface area contributed by atoms with Crippen LogP contribution in [0, 0.1) is 11.7 Å². The SMILES string of the molecule is O=C(Nc1cnn(Cc2ccccc2F)c1)C1CC1c1ccccc1. The van der Waals surface area contributed by atoms with Gasteiger partial charge in [-0.1, -0.05) is 48.5 Å². The maximum atomic E-state index is 13.7.